The lowest BCUT2D eigenvalue weighted by molar-refractivity contribution is -0.137. The van der Waals surface area contributed by atoms with E-state index >= 15 is 0 Å². The van der Waals surface area contributed by atoms with Gasteiger partial charge in [-0.15, -0.1) is 0 Å². The zero-order valence-corrected chi connectivity index (χ0v) is 15.5. The lowest BCUT2D eigenvalue weighted by Crippen LogP contribution is -2.42. The lowest BCUT2D eigenvalue weighted by Gasteiger charge is -2.41. The van der Waals surface area contributed by atoms with Crippen LogP contribution in [0.3, 0.4) is 0 Å². The van der Waals surface area contributed by atoms with Crippen molar-refractivity contribution in [1.29, 1.82) is 0 Å². The van der Waals surface area contributed by atoms with Crippen LogP contribution in [0.25, 0.3) is 0 Å². The first-order valence-electron chi connectivity index (χ1n) is 9.36. The minimum atomic E-state index is -0.0739. The molecule has 0 aromatic carbocycles. The van der Waals surface area contributed by atoms with Crippen molar-refractivity contribution in [3.05, 3.63) is 11.1 Å². The van der Waals surface area contributed by atoms with Gasteiger partial charge in [0.1, 0.15) is 0 Å². The topological polar surface area (TPSA) is 29.5 Å². The highest BCUT2D eigenvalue weighted by Crippen LogP contribution is 2.47. The average Bonchev–Trinajstić information content (AvgIpc) is 2.75. The summed E-state index contributed by atoms with van der Waals surface area (Å²) >= 11 is 0. The maximum atomic E-state index is 12.5. The number of carbonyl (C=O) groups is 1. The predicted molar refractivity (Wildman–Crippen MR) is 93.1 cm³/mol. The average molecular weight is 319 g/mol. The fourth-order valence-corrected chi connectivity index (χ4v) is 5.26. The Kier molecular flexibility index (Phi) is 4.61. The summed E-state index contributed by atoms with van der Waals surface area (Å²) < 4.78 is 5.16. The third-order valence-corrected chi connectivity index (χ3v) is 6.83. The first-order chi connectivity index (χ1) is 10.8. The number of hydrogen-bond donors (Lipinski definition) is 0. The smallest absolute Gasteiger partial charge is 0.335 e. The predicted octanol–water partition coefficient (Wildman–Crippen LogP) is 4.18. The highest BCUT2D eigenvalue weighted by atomic mass is 16.5. The summed E-state index contributed by atoms with van der Waals surface area (Å²) in [4.78, 5) is 14.9. The highest BCUT2D eigenvalue weighted by Gasteiger charge is 2.44. The molecule has 3 rings (SSSR count). The van der Waals surface area contributed by atoms with Crippen LogP contribution in [0.5, 0.6) is 0 Å². The molecule has 2 fully saturated rings. The Morgan fingerprint density at radius 1 is 1.09 bits per heavy atom. The first kappa shape index (κ1) is 17.0. The normalized spacial score (nSPS) is 35.5. The minimum absolute atomic E-state index is 0.0739. The molecule has 3 heteroatoms. The van der Waals surface area contributed by atoms with Crippen LogP contribution < -0.4 is 0 Å². The van der Waals surface area contributed by atoms with Crippen LogP contribution in [-0.2, 0) is 9.53 Å². The summed E-state index contributed by atoms with van der Waals surface area (Å²) in [5, 5.41) is 0. The Balaban J connectivity index is 1.82. The Labute approximate surface area is 141 Å². The lowest BCUT2D eigenvalue weighted by atomic mass is 9.67. The van der Waals surface area contributed by atoms with Gasteiger partial charge in [0.25, 0.3) is 0 Å². The van der Waals surface area contributed by atoms with Crippen molar-refractivity contribution >= 4 is 5.97 Å². The molecule has 0 aromatic heterocycles. The molecule has 0 N–H and O–H groups in total. The maximum absolute atomic E-state index is 12.5. The summed E-state index contributed by atoms with van der Waals surface area (Å²) in [6.45, 7) is 7.10. The van der Waals surface area contributed by atoms with Gasteiger partial charge < -0.3 is 4.74 Å². The van der Waals surface area contributed by atoms with Crippen LogP contribution in [0.2, 0.25) is 0 Å². The Bertz CT molecular complexity index is 494. The largest absolute Gasteiger partial charge is 0.466 e. The number of nitrogens with zero attached hydrogens (tertiary/aromatic N) is 1. The SMILES string of the molecule is COC(=O)C1=C(C2CCC(C(C)(C)C)CC2)C[C@H]2CCC1N2C. The molecule has 130 valence electrons. The quantitative estimate of drug-likeness (QED) is 0.715. The molecular weight excluding hydrogens is 286 g/mol. The Morgan fingerprint density at radius 2 is 1.74 bits per heavy atom. The van der Waals surface area contributed by atoms with E-state index in [2.05, 4.69) is 32.7 Å². The number of hydrogen-bond acceptors (Lipinski definition) is 3. The zero-order chi connectivity index (χ0) is 16.8. The molecule has 3 nitrogen and oxygen atoms in total. The molecule has 0 spiro atoms. The van der Waals surface area contributed by atoms with Gasteiger partial charge in [-0.25, -0.2) is 4.79 Å². The van der Waals surface area contributed by atoms with Gasteiger partial charge in [0.05, 0.1) is 12.7 Å². The molecule has 3 aliphatic rings. The van der Waals surface area contributed by atoms with Gasteiger partial charge in [0, 0.05) is 12.1 Å². The van der Waals surface area contributed by atoms with E-state index in [1.807, 2.05) is 0 Å². The number of rotatable bonds is 2. The molecular formula is C20H33NO2. The summed E-state index contributed by atoms with van der Waals surface area (Å²) in [7, 11) is 3.71. The second-order valence-electron chi connectivity index (χ2n) is 8.96. The van der Waals surface area contributed by atoms with E-state index in [9.17, 15) is 4.79 Å². The Hall–Kier alpha value is -0.830. The van der Waals surface area contributed by atoms with E-state index in [4.69, 9.17) is 4.74 Å². The van der Waals surface area contributed by atoms with Crippen LogP contribution in [0.1, 0.15) is 65.7 Å². The third-order valence-electron chi connectivity index (χ3n) is 6.83. The van der Waals surface area contributed by atoms with Crippen molar-refractivity contribution in [2.45, 2.75) is 77.8 Å². The molecule has 2 atom stereocenters. The molecule has 0 aromatic rings. The van der Waals surface area contributed by atoms with Crippen molar-refractivity contribution < 1.29 is 9.53 Å². The van der Waals surface area contributed by atoms with Crippen LogP contribution in [0.15, 0.2) is 11.1 Å². The molecule has 1 saturated heterocycles. The molecule has 0 radical (unpaired) electrons. The second kappa shape index (κ2) is 6.23. The molecule has 0 amide bonds. The fourth-order valence-electron chi connectivity index (χ4n) is 5.26. The minimum Gasteiger partial charge on any atom is -0.466 e. The summed E-state index contributed by atoms with van der Waals surface area (Å²) in [6, 6.07) is 0.945. The second-order valence-corrected chi connectivity index (χ2v) is 8.96. The monoisotopic (exact) mass is 319 g/mol. The zero-order valence-electron chi connectivity index (χ0n) is 15.5. The van der Waals surface area contributed by atoms with Gasteiger partial charge in [-0.1, -0.05) is 26.3 Å². The molecule has 2 aliphatic heterocycles. The van der Waals surface area contributed by atoms with Gasteiger partial charge in [-0.3, -0.25) is 4.90 Å². The number of fused-ring (bicyclic) bond motifs is 2. The van der Waals surface area contributed by atoms with Crippen LogP contribution in [0, 0.1) is 17.3 Å². The molecule has 1 unspecified atom stereocenters. The number of esters is 1. The molecule has 2 bridgehead atoms. The maximum Gasteiger partial charge on any atom is 0.335 e. The summed E-state index contributed by atoms with van der Waals surface area (Å²) in [5.74, 6) is 1.36. The van der Waals surface area contributed by atoms with Crippen LogP contribution in [-0.4, -0.2) is 37.1 Å². The standard InChI is InChI=1S/C20H33NO2/c1-20(2,3)14-8-6-13(7-9-14)16-12-15-10-11-17(21(15)4)18(16)19(22)23-5/h13-15,17H,6-12H2,1-5H3/t13?,14?,15-,17?/m1/s1. The summed E-state index contributed by atoms with van der Waals surface area (Å²) in [6.07, 6.45) is 8.54. The van der Waals surface area contributed by atoms with Crippen molar-refractivity contribution in [3.8, 4) is 0 Å². The summed E-state index contributed by atoms with van der Waals surface area (Å²) in [5.41, 5.74) is 2.88. The van der Waals surface area contributed by atoms with Gasteiger partial charge in [-0.2, -0.15) is 0 Å². The van der Waals surface area contributed by atoms with E-state index < -0.39 is 0 Å². The van der Waals surface area contributed by atoms with Gasteiger partial charge in [-0.05, 0) is 69.2 Å². The van der Waals surface area contributed by atoms with E-state index in [0.29, 0.717) is 23.4 Å². The van der Waals surface area contributed by atoms with Crippen molar-refractivity contribution in [3.63, 3.8) is 0 Å². The van der Waals surface area contributed by atoms with Crippen LogP contribution >= 0.6 is 0 Å². The number of ether oxygens (including phenoxy) is 1. The van der Waals surface area contributed by atoms with E-state index in [1.54, 1.807) is 0 Å². The number of carbonyl (C=O) groups excluding carboxylic acids is 1. The van der Waals surface area contributed by atoms with Crippen LogP contribution in [0.4, 0.5) is 0 Å². The van der Waals surface area contributed by atoms with Crippen molar-refractivity contribution in [1.82, 2.24) is 4.90 Å². The van der Waals surface area contributed by atoms with Crippen molar-refractivity contribution in [2.75, 3.05) is 14.2 Å². The fraction of sp³-hybridized carbons (Fsp3) is 0.850. The van der Waals surface area contributed by atoms with Gasteiger partial charge in [0.15, 0.2) is 0 Å². The van der Waals surface area contributed by atoms with E-state index in [-0.39, 0.29) is 5.97 Å². The van der Waals surface area contributed by atoms with Crippen molar-refractivity contribution in [2.24, 2.45) is 17.3 Å². The number of methoxy groups -OCH3 is 1. The highest BCUT2D eigenvalue weighted by molar-refractivity contribution is 5.91. The van der Waals surface area contributed by atoms with Gasteiger partial charge >= 0.3 is 5.97 Å². The van der Waals surface area contributed by atoms with E-state index in [1.165, 1.54) is 44.8 Å². The van der Waals surface area contributed by atoms with Gasteiger partial charge in [0.2, 0.25) is 0 Å². The van der Waals surface area contributed by atoms with E-state index in [0.717, 1.165) is 24.3 Å². The molecule has 1 aliphatic carbocycles. The Morgan fingerprint density at radius 3 is 2.30 bits per heavy atom. The molecule has 1 saturated carbocycles. The first-order valence-corrected chi connectivity index (χ1v) is 9.36. The molecule has 23 heavy (non-hydrogen) atoms. The number of likely N-dealkylation sites (N-methyl/N-ethyl adjacent to an activating group) is 1. The third kappa shape index (κ3) is 3.09. The molecule has 2 heterocycles.